The van der Waals surface area contributed by atoms with Crippen molar-refractivity contribution in [1.29, 1.82) is 0 Å². The van der Waals surface area contributed by atoms with Gasteiger partial charge < -0.3 is 4.90 Å². The molecule has 2 atom stereocenters. The van der Waals surface area contributed by atoms with Crippen molar-refractivity contribution in [2.24, 2.45) is 5.92 Å². The van der Waals surface area contributed by atoms with Crippen molar-refractivity contribution in [1.82, 2.24) is 10.2 Å². The van der Waals surface area contributed by atoms with Crippen LogP contribution in [0, 0.1) is 5.92 Å². The van der Waals surface area contributed by atoms with E-state index in [1.807, 2.05) is 11.8 Å². The van der Waals surface area contributed by atoms with Gasteiger partial charge in [-0.2, -0.15) is 11.8 Å². The summed E-state index contributed by atoms with van der Waals surface area (Å²) in [7, 11) is 0. The first kappa shape index (κ1) is 17.1. The van der Waals surface area contributed by atoms with Gasteiger partial charge in [0.1, 0.15) is 0 Å². The molecular formula is C17H32N2OS. The fourth-order valence-electron chi connectivity index (χ4n) is 3.80. The van der Waals surface area contributed by atoms with Crippen LogP contribution >= 0.6 is 11.8 Å². The van der Waals surface area contributed by atoms with Crippen molar-refractivity contribution in [2.45, 2.75) is 82.7 Å². The third-order valence-electron chi connectivity index (χ3n) is 5.11. The van der Waals surface area contributed by atoms with E-state index >= 15 is 0 Å². The second kappa shape index (κ2) is 7.36. The maximum absolute atomic E-state index is 12.7. The molecule has 1 aliphatic heterocycles. The molecular weight excluding hydrogens is 280 g/mol. The lowest BCUT2D eigenvalue weighted by Crippen LogP contribution is -2.48. The summed E-state index contributed by atoms with van der Waals surface area (Å²) < 4.78 is 0.299. The Balaban J connectivity index is 2.11. The summed E-state index contributed by atoms with van der Waals surface area (Å²) in [5, 5.41) is 3.57. The third-order valence-corrected chi connectivity index (χ3v) is 6.51. The maximum atomic E-state index is 12.7. The highest BCUT2D eigenvalue weighted by Crippen LogP contribution is 2.40. The maximum Gasteiger partial charge on any atom is 0.241 e. The molecule has 0 spiro atoms. The van der Waals surface area contributed by atoms with Crippen LogP contribution in [0.15, 0.2) is 0 Å². The number of carbonyl (C=O) groups excluding carboxylic acids is 1. The van der Waals surface area contributed by atoms with Crippen LogP contribution in [0.5, 0.6) is 0 Å². The van der Waals surface area contributed by atoms with Gasteiger partial charge in [0.2, 0.25) is 5.91 Å². The van der Waals surface area contributed by atoms with Crippen molar-refractivity contribution >= 4 is 17.7 Å². The van der Waals surface area contributed by atoms with Crippen molar-refractivity contribution in [2.75, 3.05) is 12.8 Å². The van der Waals surface area contributed by atoms with Gasteiger partial charge in [-0.15, -0.1) is 0 Å². The van der Waals surface area contributed by atoms with E-state index in [0.29, 0.717) is 16.6 Å². The number of rotatable bonds is 6. The van der Waals surface area contributed by atoms with E-state index in [1.54, 1.807) is 0 Å². The van der Waals surface area contributed by atoms with Gasteiger partial charge in [0.15, 0.2) is 0 Å². The second-order valence-electron chi connectivity index (χ2n) is 7.19. The van der Waals surface area contributed by atoms with Gasteiger partial charge >= 0.3 is 0 Å². The molecule has 4 heteroatoms. The van der Waals surface area contributed by atoms with Crippen molar-refractivity contribution in [3.8, 4) is 0 Å². The van der Waals surface area contributed by atoms with E-state index in [-0.39, 0.29) is 12.2 Å². The molecule has 1 heterocycles. The van der Waals surface area contributed by atoms with Crippen LogP contribution < -0.4 is 5.32 Å². The zero-order valence-corrected chi connectivity index (χ0v) is 15.0. The Morgan fingerprint density at radius 3 is 2.52 bits per heavy atom. The first-order valence-corrected chi connectivity index (χ1v) is 9.85. The summed E-state index contributed by atoms with van der Waals surface area (Å²) >= 11 is 1.99. The van der Waals surface area contributed by atoms with Gasteiger partial charge in [-0.05, 0) is 37.9 Å². The minimum absolute atomic E-state index is 0.0382. The van der Waals surface area contributed by atoms with E-state index in [9.17, 15) is 4.79 Å². The average molecular weight is 313 g/mol. The zero-order valence-electron chi connectivity index (χ0n) is 14.2. The molecule has 21 heavy (non-hydrogen) atoms. The Bertz CT molecular complexity index is 353. The number of nitrogens with zero attached hydrogens (tertiary/aromatic N) is 1. The number of thioether (sulfide) groups is 1. The molecule has 0 aromatic carbocycles. The highest BCUT2D eigenvalue weighted by atomic mass is 32.2. The molecule has 2 unspecified atom stereocenters. The predicted molar refractivity (Wildman–Crippen MR) is 91.5 cm³/mol. The van der Waals surface area contributed by atoms with Crippen molar-refractivity contribution in [3.63, 3.8) is 0 Å². The molecule has 0 aromatic rings. The number of amides is 1. The zero-order chi connectivity index (χ0) is 15.5. The molecule has 2 fully saturated rings. The fourth-order valence-corrected chi connectivity index (χ4v) is 4.77. The van der Waals surface area contributed by atoms with E-state index in [2.05, 4.69) is 37.2 Å². The van der Waals surface area contributed by atoms with Gasteiger partial charge in [-0.25, -0.2) is 0 Å². The van der Waals surface area contributed by atoms with Gasteiger partial charge in [0, 0.05) is 11.3 Å². The number of hydrogen-bond donors (Lipinski definition) is 1. The van der Waals surface area contributed by atoms with E-state index < -0.39 is 0 Å². The summed E-state index contributed by atoms with van der Waals surface area (Å²) in [6.45, 7) is 7.54. The summed E-state index contributed by atoms with van der Waals surface area (Å²) in [5.41, 5.74) is 0. The van der Waals surface area contributed by atoms with Crippen LogP contribution in [-0.4, -0.2) is 40.6 Å². The first-order chi connectivity index (χ1) is 10.0. The Labute approximate surface area is 134 Å². The largest absolute Gasteiger partial charge is 0.324 e. The lowest BCUT2D eigenvalue weighted by molar-refractivity contribution is -0.130. The molecule has 1 N–H and O–H groups in total. The molecule has 2 rings (SSSR count). The molecule has 2 aliphatic rings. The summed E-state index contributed by atoms with van der Waals surface area (Å²) in [6, 6.07) is 0.0382. The summed E-state index contributed by atoms with van der Waals surface area (Å²) in [5.74, 6) is 0.951. The first-order valence-electron chi connectivity index (χ1n) is 8.63. The van der Waals surface area contributed by atoms with Gasteiger partial charge in [0.05, 0.1) is 12.2 Å². The summed E-state index contributed by atoms with van der Waals surface area (Å²) in [6.07, 6.45) is 11.0. The highest BCUT2D eigenvalue weighted by molar-refractivity contribution is 8.00. The minimum atomic E-state index is 0.0382. The molecule has 122 valence electrons. The Morgan fingerprint density at radius 1 is 1.33 bits per heavy atom. The average Bonchev–Trinajstić information content (AvgIpc) is 2.76. The van der Waals surface area contributed by atoms with Crippen LogP contribution in [0.1, 0.15) is 65.7 Å². The molecule has 1 aliphatic carbocycles. The predicted octanol–water partition coefficient (Wildman–Crippen LogP) is 3.63. The summed E-state index contributed by atoms with van der Waals surface area (Å²) in [4.78, 5) is 14.9. The number of hydrogen-bond acceptors (Lipinski definition) is 3. The van der Waals surface area contributed by atoms with E-state index in [0.717, 1.165) is 19.4 Å². The lowest BCUT2D eigenvalue weighted by atomic mass is 9.87. The normalized spacial score (nSPS) is 29.4. The minimum Gasteiger partial charge on any atom is -0.324 e. The van der Waals surface area contributed by atoms with Crippen molar-refractivity contribution < 1.29 is 4.79 Å². The molecule has 0 bridgehead atoms. The lowest BCUT2D eigenvalue weighted by Gasteiger charge is -2.40. The molecule has 0 aromatic heterocycles. The standard InChI is InChI=1S/C17H32N2OS/c1-5-14-16(20)19(15(18-14)11-13(2)3)12-17(21-4)9-7-6-8-10-17/h13-15,18H,5-12H2,1-4H3. The van der Waals surface area contributed by atoms with Crippen molar-refractivity contribution in [3.05, 3.63) is 0 Å². The Morgan fingerprint density at radius 2 is 2.00 bits per heavy atom. The SMILES string of the molecule is CCC1NC(CC(C)C)N(CC2(SC)CCCCC2)C1=O. The quantitative estimate of drug-likeness (QED) is 0.813. The molecule has 1 saturated heterocycles. The Hall–Kier alpha value is -0.220. The van der Waals surface area contributed by atoms with Crippen LogP contribution in [0.25, 0.3) is 0 Å². The topological polar surface area (TPSA) is 32.3 Å². The van der Waals surface area contributed by atoms with Crippen LogP contribution in [-0.2, 0) is 4.79 Å². The number of nitrogens with one attached hydrogen (secondary N) is 1. The Kier molecular flexibility index (Phi) is 6.01. The highest BCUT2D eigenvalue weighted by Gasteiger charge is 2.43. The van der Waals surface area contributed by atoms with Crippen LogP contribution in [0.4, 0.5) is 0 Å². The van der Waals surface area contributed by atoms with Crippen LogP contribution in [0.3, 0.4) is 0 Å². The van der Waals surface area contributed by atoms with Crippen LogP contribution in [0.2, 0.25) is 0 Å². The van der Waals surface area contributed by atoms with Gasteiger partial charge in [-0.1, -0.05) is 40.0 Å². The van der Waals surface area contributed by atoms with E-state index in [1.165, 1.54) is 32.1 Å². The van der Waals surface area contributed by atoms with Gasteiger partial charge in [0.25, 0.3) is 0 Å². The molecule has 1 saturated carbocycles. The van der Waals surface area contributed by atoms with Gasteiger partial charge in [-0.3, -0.25) is 10.1 Å². The molecule has 0 radical (unpaired) electrons. The smallest absolute Gasteiger partial charge is 0.241 e. The van der Waals surface area contributed by atoms with E-state index in [4.69, 9.17) is 0 Å². The molecule has 3 nitrogen and oxygen atoms in total. The monoisotopic (exact) mass is 312 g/mol. The fraction of sp³-hybridized carbons (Fsp3) is 0.941. The molecule has 1 amide bonds. The third kappa shape index (κ3) is 3.95. The number of carbonyl (C=O) groups is 1. The second-order valence-corrected chi connectivity index (χ2v) is 8.46.